The summed E-state index contributed by atoms with van der Waals surface area (Å²) in [5.41, 5.74) is 6.64. The summed E-state index contributed by atoms with van der Waals surface area (Å²) in [6.07, 6.45) is 0.588. The molecule has 2 aromatic rings. The molecule has 1 aromatic carbocycles. The quantitative estimate of drug-likeness (QED) is 0.761. The van der Waals surface area contributed by atoms with Gasteiger partial charge in [-0.15, -0.1) is 11.3 Å². The number of carbonyl (C=O) groups is 1. The lowest BCUT2D eigenvalue weighted by molar-refractivity contribution is -0.122. The zero-order valence-electron chi connectivity index (χ0n) is 13.3. The Morgan fingerprint density at radius 1 is 1.33 bits per heavy atom. The lowest BCUT2D eigenvalue weighted by atomic mass is 9.97. The number of nitrogens with zero attached hydrogens (tertiary/aromatic N) is 1. The van der Waals surface area contributed by atoms with E-state index >= 15 is 0 Å². The van der Waals surface area contributed by atoms with Gasteiger partial charge in [-0.25, -0.2) is 0 Å². The summed E-state index contributed by atoms with van der Waals surface area (Å²) in [6, 6.07) is 9.88. The number of nitrogens with two attached hydrogens (primary N) is 1. The molecule has 1 atom stereocenters. The number of halogens is 1. The number of thiophene rings is 1. The van der Waals surface area contributed by atoms with Gasteiger partial charge in [-0.05, 0) is 59.2 Å². The highest BCUT2D eigenvalue weighted by atomic mass is 79.9. The van der Waals surface area contributed by atoms with Gasteiger partial charge in [0.15, 0.2) is 11.5 Å². The summed E-state index contributed by atoms with van der Waals surface area (Å²) in [5, 5.41) is 0. The van der Waals surface area contributed by atoms with E-state index < -0.39 is 0 Å². The second kappa shape index (κ2) is 7.55. The van der Waals surface area contributed by atoms with Crippen LogP contribution in [-0.4, -0.2) is 31.2 Å². The summed E-state index contributed by atoms with van der Waals surface area (Å²) in [4.78, 5) is 15.2. The van der Waals surface area contributed by atoms with E-state index in [-0.39, 0.29) is 18.6 Å². The van der Waals surface area contributed by atoms with Crippen molar-refractivity contribution in [1.82, 2.24) is 4.90 Å². The molecule has 1 unspecified atom stereocenters. The molecule has 5 nitrogen and oxygen atoms in total. The fraction of sp³-hybridized carbons (Fsp3) is 0.353. The van der Waals surface area contributed by atoms with Crippen molar-refractivity contribution in [1.29, 1.82) is 0 Å². The third-order valence-electron chi connectivity index (χ3n) is 3.91. The first-order valence-corrected chi connectivity index (χ1v) is 9.23. The first kappa shape index (κ1) is 17.3. The molecule has 2 N–H and O–H groups in total. The Hall–Kier alpha value is -1.57. The topological polar surface area (TPSA) is 64.8 Å². The number of fused-ring (bicyclic) bond motifs is 1. The fourth-order valence-electron chi connectivity index (χ4n) is 2.75. The molecule has 7 heteroatoms. The van der Waals surface area contributed by atoms with E-state index in [2.05, 4.69) is 26.9 Å². The van der Waals surface area contributed by atoms with Crippen LogP contribution in [-0.2, 0) is 17.8 Å². The van der Waals surface area contributed by atoms with E-state index in [1.54, 1.807) is 11.3 Å². The predicted molar refractivity (Wildman–Crippen MR) is 97.3 cm³/mol. The minimum absolute atomic E-state index is 0.247. The van der Waals surface area contributed by atoms with Gasteiger partial charge in [-0.1, -0.05) is 6.07 Å². The van der Waals surface area contributed by atoms with Crippen molar-refractivity contribution in [2.24, 2.45) is 11.7 Å². The van der Waals surface area contributed by atoms with Gasteiger partial charge in [-0.3, -0.25) is 4.79 Å². The number of ether oxygens (including phenoxy) is 2. The third-order valence-corrected chi connectivity index (χ3v) is 5.52. The Bertz CT molecular complexity index is 734. The zero-order chi connectivity index (χ0) is 17.1. The van der Waals surface area contributed by atoms with Crippen molar-refractivity contribution in [2.45, 2.75) is 13.0 Å². The number of hydrogen-bond donors (Lipinski definition) is 1. The molecule has 0 saturated heterocycles. The molecule has 0 radical (unpaired) electrons. The molecule has 1 aliphatic rings. The number of rotatable bonds is 7. The molecule has 0 aliphatic carbocycles. The predicted octanol–water partition coefficient (Wildman–Crippen LogP) is 3.02. The highest BCUT2D eigenvalue weighted by Gasteiger charge is 2.21. The van der Waals surface area contributed by atoms with Gasteiger partial charge in [0.05, 0.1) is 9.70 Å². The fourth-order valence-corrected chi connectivity index (χ4v) is 4.31. The lowest BCUT2D eigenvalue weighted by Gasteiger charge is -2.21. The minimum Gasteiger partial charge on any atom is -0.454 e. The molecule has 1 aromatic heterocycles. The molecule has 0 bridgehead atoms. The molecule has 2 heterocycles. The molecule has 0 spiro atoms. The van der Waals surface area contributed by atoms with Gasteiger partial charge in [0.1, 0.15) is 0 Å². The van der Waals surface area contributed by atoms with Crippen molar-refractivity contribution >= 4 is 33.2 Å². The van der Waals surface area contributed by atoms with Crippen LogP contribution in [0.25, 0.3) is 0 Å². The maximum absolute atomic E-state index is 11.9. The van der Waals surface area contributed by atoms with E-state index in [0.717, 1.165) is 27.4 Å². The molecular formula is C17H19BrN2O3S. The second-order valence-corrected chi connectivity index (χ2v) is 8.44. The molecule has 1 aliphatic heterocycles. The normalized spacial score (nSPS) is 14.1. The van der Waals surface area contributed by atoms with Gasteiger partial charge in [-0.2, -0.15) is 0 Å². The SMILES string of the molecule is CN(Cc1ccc(Br)s1)CC(Cc1ccc2c(c1)OCO2)C(N)=O. The van der Waals surface area contributed by atoms with Crippen LogP contribution in [0.2, 0.25) is 0 Å². The van der Waals surface area contributed by atoms with E-state index in [1.807, 2.05) is 31.3 Å². The van der Waals surface area contributed by atoms with Crippen LogP contribution >= 0.6 is 27.3 Å². The standard InChI is InChI=1S/C17H19BrN2O3S/c1-20(9-13-3-5-16(18)24-13)8-12(17(19)21)6-11-2-4-14-15(7-11)23-10-22-14/h2-5,7,12H,6,8-10H2,1H3,(H2,19,21). The summed E-state index contributed by atoms with van der Waals surface area (Å²) >= 11 is 5.17. The van der Waals surface area contributed by atoms with Gasteiger partial charge in [0.2, 0.25) is 12.7 Å². The highest BCUT2D eigenvalue weighted by Crippen LogP contribution is 2.33. The summed E-state index contributed by atoms with van der Waals surface area (Å²) in [7, 11) is 2.00. The Labute approximate surface area is 153 Å². The first-order valence-electron chi connectivity index (χ1n) is 7.62. The average molecular weight is 411 g/mol. The molecule has 3 rings (SSSR count). The smallest absolute Gasteiger partial charge is 0.231 e. The van der Waals surface area contributed by atoms with Gasteiger partial charge < -0.3 is 20.1 Å². The molecule has 0 saturated carbocycles. The van der Waals surface area contributed by atoms with Crippen molar-refractivity contribution in [2.75, 3.05) is 20.4 Å². The second-order valence-electron chi connectivity index (χ2n) is 5.89. The number of amides is 1. The number of hydrogen-bond acceptors (Lipinski definition) is 5. The van der Waals surface area contributed by atoms with Crippen LogP contribution in [0, 0.1) is 5.92 Å². The maximum Gasteiger partial charge on any atom is 0.231 e. The lowest BCUT2D eigenvalue weighted by Crippen LogP contribution is -2.35. The Balaban J connectivity index is 1.63. The van der Waals surface area contributed by atoms with Gasteiger partial charge >= 0.3 is 0 Å². The Morgan fingerprint density at radius 3 is 2.83 bits per heavy atom. The van der Waals surface area contributed by atoms with E-state index in [1.165, 1.54) is 4.88 Å². The van der Waals surface area contributed by atoms with Crippen LogP contribution in [0.15, 0.2) is 34.1 Å². The molecule has 0 fully saturated rings. The van der Waals surface area contributed by atoms with E-state index in [4.69, 9.17) is 15.2 Å². The largest absolute Gasteiger partial charge is 0.454 e. The number of primary amides is 1. The number of benzene rings is 1. The van der Waals surface area contributed by atoms with E-state index in [0.29, 0.717) is 13.0 Å². The monoisotopic (exact) mass is 410 g/mol. The van der Waals surface area contributed by atoms with Crippen LogP contribution in [0.5, 0.6) is 11.5 Å². The Kier molecular flexibility index (Phi) is 5.43. The van der Waals surface area contributed by atoms with Crippen molar-refractivity contribution in [3.63, 3.8) is 0 Å². The molecule has 128 valence electrons. The van der Waals surface area contributed by atoms with Crippen LogP contribution in [0.4, 0.5) is 0 Å². The summed E-state index contributed by atoms with van der Waals surface area (Å²) in [5.74, 6) is 0.938. The van der Waals surface area contributed by atoms with Crippen molar-refractivity contribution in [3.8, 4) is 11.5 Å². The van der Waals surface area contributed by atoms with Crippen molar-refractivity contribution in [3.05, 3.63) is 44.6 Å². The van der Waals surface area contributed by atoms with Gasteiger partial charge in [0.25, 0.3) is 0 Å². The third kappa shape index (κ3) is 4.28. The van der Waals surface area contributed by atoms with Gasteiger partial charge in [0, 0.05) is 18.0 Å². The average Bonchev–Trinajstić information content (AvgIpc) is 3.14. The highest BCUT2D eigenvalue weighted by molar-refractivity contribution is 9.11. The zero-order valence-corrected chi connectivity index (χ0v) is 15.7. The van der Waals surface area contributed by atoms with E-state index in [9.17, 15) is 4.79 Å². The molecule has 24 heavy (non-hydrogen) atoms. The first-order chi connectivity index (χ1) is 11.5. The van der Waals surface area contributed by atoms with Crippen LogP contribution < -0.4 is 15.2 Å². The summed E-state index contributed by atoms with van der Waals surface area (Å²) in [6.45, 7) is 1.65. The maximum atomic E-state index is 11.9. The molecular weight excluding hydrogens is 392 g/mol. The Morgan fingerprint density at radius 2 is 2.12 bits per heavy atom. The van der Waals surface area contributed by atoms with Crippen LogP contribution in [0.3, 0.4) is 0 Å². The summed E-state index contributed by atoms with van der Waals surface area (Å²) < 4.78 is 11.8. The van der Waals surface area contributed by atoms with Crippen molar-refractivity contribution < 1.29 is 14.3 Å². The van der Waals surface area contributed by atoms with Crippen LogP contribution in [0.1, 0.15) is 10.4 Å². The molecule has 1 amide bonds. The minimum atomic E-state index is -0.285. The number of carbonyl (C=O) groups excluding carboxylic acids is 1.